The molecule has 1 aromatic carbocycles. The average Bonchev–Trinajstić information content (AvgIpc) is 2.93. The zero-order valence-electron chi connectivity index (χ0n) is 10.5. The molecule has 0 bridgehead atoms. The third kappa shape index (κ3) is 2.49. The molecule has 6 nitrogen and oxygen atoms in total. The lowest BCUT2D eigenvalue weighted by Crippen LogP contribution is -1.97. The second-order valence-electron chi connectivity index (χ2n) is 4.32. The quantitative estimate of drug-likeness (QED) is 0.781. The molecule has 0 aliphatic rings. The van der Waals surface area contributed by atoms with E-state index in [2.05, 4.69) is 15.1 Å². The van der Waals surface area contributed by atoms with Gasteiger partial charge in [-0.25, -0.2) is 0 Å². The van der Waals surface area contributed by atoms with Gasteiger partial charge < -0.3 is 9.63 Å². The van der Waals surface area contributed by atoms with Gasteiger partial charge in [0, 0.05) is 23.6 Å². The number of benzene rings is 1. The topological polar surface area (TPSA) is 89.1 Å². The Morgan fingerprint density at radius 3 is 3.05 bits per heavy atom. The van der Waals surface area contributed by atoms with Crippen LogP contribution >= 0.6 is 0 Å². The number of hydrogen-bond donors (Lipinski definition) is 1. The lowest BCUT2D eigenvalue weighted by Gasteiger charge is -1.98. The Morgan fingerprint density at radius 2 is 2.20 bits per heavy atom. The molecule has 20 heavy (non-hydrogen) atoms. The molecule has 3 aromatic rings. The van der Waals surface area contributed by atoms with Crippen molar-refractivity contribution in [2.75, 3.05) is 0 Å². The zero-order chi connectivity index (χ0) is 13.9. The van der Waals surface area contributed by atoms with Crippen LogP contribution in [0.25, 0.3) is 22.3 Å². The van der Waals surface area contributed by atoms with Crippen molar-refractivity contribution < 1.29 is 14.4 Å². The molecule has 0 unspecified atom stereocenters. The van der Waals surface area contributed by atoms with Crippen LogP contribution < -0.4 is 0 Å². The van der Waals surface area contributed by atoms with E-state index in [0.29, 0.717) is 11.7 Å². The van der Waals surface area contributed by atoms with Gasteiger partial charge in [0.2, 0.25) is 11.7 Å². The summed E-state index contributed by atoms with van der Waals surface area (Å²) >= 11 is 0. The number of fused-ring (bicyclic) bond motifs is 1. The Bertz CT molecular complexity index is 767. The van der Waals surface area contributed by atoms with Crippen molar-refractivity contribution in [3.8, 4) is 11.4 Å². The molecule has 2 aromatic heterocycles. The summed E-state index contributed by atoms with van der Waals surface area (Å²) in [5, 5.41) is 13.5. The lowest BCUT2D eigenvalue weighted by molar-refractivity contribution is -0.137. The van der Waals surface area contributed by atoms with Crippen molar-refractivity contribution in [2.45, 2.75) is 12.8 Å². The molecule has 0 atom stereocenters. The highest BCUT2D eigenvalue weighted by Gasteiger charge is 2.10. The Kier molecular flexibility index (Phi) is 3.12. The van der Waals surface area contributed by atoms with E-state index >= 15 is 0 Å². The predicted octanol–water partition coefficient (Wildman–Crippen LogP) is 2.30. The van der Waals surface area contributed by atoms with Crippen molar-refractivity contribution in [1.82, 2.24) is 15.1 Å². The summed E-state index contributed by atoms with van der Waals surface area (Å²) < 4.78 is 5.04. The second kappa shape index (κ2) is 5.08. The number of carboxylic acids is 1. The van der Waals surface area contributed by atoms with Crippen molar-refractivity contribution >= 4 is 16.9 Å². The van der Waals surface area contributed by atoms with Gasteiger partial charge in [-0.3, -0.25) is 9.78 Å². The van der Waals surface area contributed by atoms with E-state index in [1.165, 1.54) is 0 Å². The van der Waals surface area contributed by atoms with Crippen LogP contribution in [0.15, 0.2) is 41.1 Å². The number of aryl methyl sites for hydroxylation is 1. The highest BCUT2D eigenvalue weighted by Crippen LogP contribution is 2.21. The summed E-state index contributed by atoms with van der Waals surface area (Å²) in [7, 11) is 0. The molecule has 0 saturated heterocycles. The smallest absolute Gasteiger partial charge is 0.303 e. The van der Waals surface area contributed by atoms with Gasteiger partial charge in [-0.15, -0.1) is 0 Å². The van der Waals surface area contributed by atoms with Gasteiger partial charge in [0.25, 0.3) is 0 Å². The van der Waals surface area contributed by atoms with Crippen LogP contribution in [-0.2, 0) is 11.2 Å². The number of nitrogens with zero attached hydrogens (tertiary/aromatic N) is 3. The first-order valence-corrected chi connectivity index (χ1v) is 6.12. The first-order valence-electron chi connectivity index (χ1n) is 6.12. The van der Waals surface area contributed by atoms with E-state index < -0.39 is 5.97 Å². The van der Waals surface area contributed by atoms with Crippen LogP contribution in [0, 0.1) is 0 Å². The maximum atomic E-state index is 10.5. The SMILES string of the molecule is O=C(O)CCc1nc(-c2ccc3ncccc3c2)no1. The summed E-state index contributed by atoms with van der Waals surface area (Å²) in [5.41, 5.74) is 1.71. The molecule has 0 radical (unpaired) electrons. The fourth-order valence-electron chi connectivity index (χ4n) is 1.90. The Morgan fingerprint density at radius 1 is 1.30 bits per heavy atom. The summed E-state index contributed by atoms with van der Waals surface area (Å²) in [4.78, 5) is 18.9. The van der Waals surface area contributed by atoms with Crippen molar-refractivity contribution in [3.05, 3.63) is 42.4 Å². The summed E-state index contributed by atoms with van der Waals surface area (Å²) in [5.74, 6) is -0.105. The molecule has 3 rings (SSSR count). The lowest BCUT2D eigenvalue weighted by atomic mass is 10.1. The largest absolute Gasteiger partial charge is 0.481 e. The van der Waals surface area contributed by atoms with Gasteiger partial charge in [-0.05, 0) is 24.3 Å². The van der Waals surface area contributed by atoms with Gasteiger partial charge >= 0.3 is 5.97 Å². The normalized spacial score (nSPS) is 10.8. The molecular formula is C14H11N3O3. The minimum atomic E-state index is -0.887. The first kappa shape index (κ1) is 12.3. The Balaban J connectivity index is 1.89. The molecule has 100 valence electrons. The van der Waals surface area contributed by atoms with E-state index in [1.807, 2.05) is 30.3 Å². The van der Waals surface area contributed by atoms with Crippen LogP contribution in [0.5, 0.6) is 0 Å². The molecule has 0 fully saturated rings. The van der Waals surface area contributed by atoms with Crippen LogP contribution in [0.4, 0.5) is 0 Å². The number of rotatable bonds is 4. The number of hydrogen-bond acceptors (Lipinski definition) is 5. The van der Waals surface area contributed by atoms with Crippen molar-refractivity contribution in [1.29, 1.82) is 0 Å². The average molecular weight is 269 g/mol. The van der Waals surface area contributed by atoms with E-state index in [4.69, 9.17) is 9.63 Å². The number of carboxylic acid groups (broad SMARTS) is 1. The maximum Gasteiger partial charge on any atom is 0.303 e. The molecule has 0 spiro atoms. The highest BCUT2D eigenvalue weighted by atomic mass is 16.5. The number of pyridine rings is 1. The standard InChI is InChI=1S/C14H11N3O3/c18-13(19)6-5-12-16-14(17-20-12)10-3-4-11-9(8-10)2-1-7-15-11/h1-4,7-8H,5-6H2,(H,18,19). The maximum absolute atomic E-state index is 10.5. The third-order valence-corrected chi connectivity index (χ3v) is 2.88. The Hall–Kier alpha value is -2.76. The molecule has 0 saturated carbocycles. The molecule has 0 amide bonds. The molecular weight excluding hydrogens is 258 g/mol. The van der Waals surface area contributed by atoms with Gasteiger partial charge in [-0.2, -0.15) is 4.98 Å². The van der Waals surface area contributed by atoms with E-state index in [0.717, 1.165) is 16.5 Å². The molecule has 0 aliphatic heterocycles. The van der Waals surface area contributed by atoms with Gasteiger partial charge in [0.1, 0.15) is 0 Å². The Labute approximate surface area is 114 Å². The second-order valence-corrected chi connectivity index (χ2v) is 4.32. The molecule has 1 N–H and O–H groups in total. The number of aliphatic carboxylic acids is 1. The van der Waals surface area contributed by atoms with Crippen molar-refractivity contribution in [2.24, 2.45) is 0 Å². The van der Waals surface area contributed by atoms with Crippen LogP contribution in [0.2, 0.25) is 0 Å². The van der Waals surface area contributed by atoms with Crippen LogP contribution in [0.1, 0.15) is 12.3 Å². The van der Waals surface area contributed by atoms with E-state index in [9.17, 15) is 4.79 Å². The molecule has 2 heterocycles. The van der Waals surface area contributed by atoms with E-state index in [-0.39, 0.29) is 12.8 Å². The predicted molar refractivity (Wildman–Crippen MR) is 71.0 cm³/mol. The van der Waals surface area contributed by atoms with Gasteiger partial charge in [-0.1, -0.05) is 11.2 Å². The zero-order valence-corrected chi connectivity index (χ0v) is 10.5. The van der Waals surface area contributed by atoms with Crippen LogP contribution in [0.3, 0.4) is 0 Å². The summed E-state index contributed by atoms with van der Waals surface area (Å²) in [6, 6.07) is 9.49. The summed E-state index contributed by atoms with van der Waals surface area (Å²) in [6.07, 6.45) is 1.95. The van der Waals surface area contributed by atoms with Gasteiger partial charge in [0.05, 0.1) is 11.9 Å². The minimum absolute atomic E-state index is 0.0245. The van der Waals surface area contributed by atoms with E-state index in [1.54, 1.807) is 6.20 Å². The van der Waals surface area contributed by atoms with Crippen molar-refractivity contribution in [3.63, 3.8) is 0 Å². The molecule has 0 aliphatic carbocycles. The highest BCUT2D eigenvalue weighted by molar-refractivity contribution is 5.82. The molecule has 6 heteroatoms. The summed E-state index contributed by atoms with van der Waals surface area (Å²) in [6.45, 7) is 0. The fourth-order valence-corrected chi connectivity index (χ4v) is 1.90. The monoisotopic (exact) mass is 269 g/mol. The first-order chi connectivity index (χ1) is 9.72. The number of carbonyl (C=O) groups is 1. The fraction of sp³-hybridized carbons (Fsp3) is 0.143. The van der Waals surface area contributed by atoms with Gasteiger partial charge in [0.15, 0.2) is 0 Å². The number of aromatic nitrogens is 3. The minimum Gasteiger partial charge on any atom is -0.481 e. The van der Waals surface area contributed by atoms with Crippen LogP contribution in [-0.4, -0.2) is 26.2 Å². The third-order valence-electron chi connectivity index (χ3n) is 2.88.